The van der Waals surface area contributed by atoms with Crippen molar-refractivity contribution in [1.82, 2.24) is 24.2 Å². The van der Waals surface area contributed by atoms with Gasteiger partial charge in [-0.15, -0.1) is 0 Å². The van der Waals surface area contributed by atoms with E-state index >= 15 is 0 Å². The highest BCUT2D eigenvalue weighted by Crippen LogP contribution is 2.16. The molecule has 0 unspecified atom stereocenters. The molecular weight excluding hydrogens is 406 g/mol. The number of sulfonamides is 1. The summed E-state index contributed by atoms with van der Waals surface area (Å²) in [6.45, 7) is 5.58. The summed E-state index contributed by atoms with van der Waals surface area (Å²) >= 11 is 0. The van der Waals surface area contributed by atoms with E-state index < -0.39 is 27.5 Å². The van der Waals surface area contributed by atoms with Gasteiger partial charge in [0.1, 0.15) is 12.4 Å². The average Bonchev–Trinajstić information content (AvgIpc) is 3.14. The number of benzene rings is 1. The summed E-state index contributed by atoms with van der Waals surface area (Å²) in [5.74, 6) is 0.164. The van der Waals surface area contributed by atoms with Crippen LogP contribution in [0.15, 0.2) is 52.3 Å². The van der Waals surface area contributed by atoms with E-state index in [4.69, 9.17) is 0 Å². The minimum Gasteiger partial charge on any atom is -0.345 e. The number of aromatic amines is 1. The van der Waals surface area contributed by atoms with Crippen LogP contribution in [0.1, 0.15) is 32.6 Å². The fraction of sp³-hybridized carbons (Fsp3) is 0.350. The molecule has 2 N–H and O–H groups in total. The number of nitrogens with zero attached hydrogens (tertiary/aromatic N) is 3. The van der Waals surface area contributed by atoms with Crippen molar-refractivity contribution in [1.29, 1.82) is 0 Å². The number of pyridine rings is 1. The van der Waals surface area contributed by atoms with E-state index in [1.54, 1.807) is 20.8 Å². The largest absolute Gasteiger partial charge is 0.345 e. The Morgan fingerprint density at radius 2 is 1.90 bits per heavy atom. The highest BCUT2D eigenvalue weighted by atomic mass is 32.2. The lowest BCUT2D eigenvalue weighted by Gasteiger charge is -2.19. The first-order valence-corrected chi connectivity index (χ1v) is 11.1. The SMILES string of the molecule is CCN(CC)S(=O)(=O)c1ccc(=O)n(CC(=O)N[C@H](C)c2nc3ccccc3[nH]2)c1. The molecule has 1 amide bonds. The Bertz CT molecular complexity index is 1180. The van der Waals surface area contributed by atoms with Crippen molar-refractivity contribution in [2.45, 2.75) is 38.3 Å². The first-order valence-electron chi connectivity index (χ1n) is 9.71. The molecule has 0 saturated heterocycles. The van der Waals surface area contributed by atoms with Gasteiger partial charge in [-0.1, -0.05) is 26.0 Å². The molecule has 9 nitrogen and oxygen atoms in total. The Hall–Kier alpha value is -2.98. The van der Waals surface area contributed by atoms with Crippen LogP contribution in [-0.2, 0) is 21.4 Å². The standard InChI is InChI=1S/C20H25N5O4S/c1-4-25(5-2)30(28,29)15-10-11-19(27)24(12-15)13-18(26)21-14(3)20-22-16-8-6-7-9-17(16)23-20/h6-12,14H,4-5,13H2,1-3H3,(H,21,26)(H,22,23)/t14-/m1/s1. The van der Waals surface area contributed by atoms with Gasteiger partial charge in [-0.3, -0.25) is 9.59 Å². The number of hydrogen-bond donors (Lipinski definition) is 2. The molecular formula is C20H25N5O4S. The predicted molar refractivity (Wildman–Crippen MR) is 113 cm³/mol. The third-order valence-electron chi connectivity index (χ3n) is 4.81. The quantitative estimate of drug-likeness (QED) is 0.562. The molecule has 0 radical (unpaired) electrons. The summed E-state index contributed by atoms with van der Waals surface area (Å²) in [7, 11) is -3.73. The van der Waals surface area contributed by atoms with Gasteiger partial charge in [0.05, 0.1) is 22.0 Å². The lowest BCUT2D eigenvalue weighted by molar-refractivity contribution is -0.122. The molecule has 10 heteroatoms. The monoisotopic (exact) mass is 431 g/mol. The van der Waals surface area contributed by atoms with Crippen LogP contribution in [0.5, 0.6) is 0 Å². The molecule has 2 heterocycles. The van der Waals surface area contributed by atoms with Gasteiger partial charge in [0.2, 0.25) is 15.9 Å². The number of para-hydroxylation sites is 2. The molecule has 2 aromatic heterocycles. The topological polar surface area (TPSA) is 117 Å². The number of carbonyl (C=O) groups excluding carboxylic acids is 1. The van der Waals surface area contributed by atoms with Gasteiger partial charge in [-0.25, -0.2) is 13.4 Å². The maximum Gasteiger partial charge on any atom is 0.251 e. The van der Waals surface area contributed by atoms with Crippen molar-refractivity contribution < 1.29 is 13.2 Å². The second-order valence-corrected chi connectivity index (χ2v) is 8.79. The second kappa shape index (κ2) is 8.80. The van der Waals surface area contributed by atoms with Gasteiger partial charge in [-0.2, -0.15) is 4.31 Å². The fourth-order valence-corrected chi connectivity index (χ4v) is 4.66. The molecule has 1 atom stereocenters. The summed E-state index contributed by atoms with van der Waals surface area (Å²) in [5, 5.41) is 2.78. The molecule has 0 aliphatic rings. The molecule has 0 aliphatic carbocycles. The van der Waals surface area contributed by atoms with Gasteiger partial charge in [0.15, 0.2) is 0 Å². The van der Waals surface area contributed by atoms with E-state index in [0.29, 0.717) is 18.9 Å². The van der Waals surface area contributed by atoms with Crippen LogP contribution in [0, 0.1) is 0 Å². The first-order chi connectivity index (χ1) is 14.3. The number of aromatic nitrogens is 3. The zero-order valence-electron chi connectivity index (χ0n) is 17.1. The van der Waals surface area contributed by atoms with Crippen molar-refractivity contribution in [3.63, 3.8) is 0 Å². The number of amides is 1. The Morgan fingerprint density at radius 1 is 1.20 bits per heavy atom. The highest BCUT2D eigenvalue weighted by Gasteiger charge is 2.23. The average molecular weight is 432 g/mol. The third kappa shape index (κ3) is 4.44. The van der Waals surface area contributed by atoms with Crippen LogP contribution in [-0.4, -0.2) is 46.3 Å². The molecule has 0 aliphatic heterocycles. The van der Waals surface area contributed by atoms with Crippen LogP contribution in [0.4, 0.5) is 0 Å². The second-order valence-electron chi connectivity index (χ2n) is 6.85. The molecule has 30 heavy (non-hydrogen) atoms. The lowest BCUT2D eigenvalue weighted by atomic mass is 10.3. The molecule has 160 valence electrons. The first kappa shape index (κ1) is 21.7. The predicted octanol–water partition coefficient (Wildman–Crippen LogP) is 1.63. The third-order valence-corrected chi connectivity index (χ3v) is 6.84. The molecule has 0 bridgehead atoms. The van der Waals surface area contributed by atoms with E-state index in [1.807, 2.05) is 24.3 Å². The van der Waals surface area contributed by atoms with E-state index in [0.717, 1.165) is 21.7 Å². The fourth-order valence-electron chi connectivity index (χ4n) is 3.19. The number of rotatable bonds is 8. The van der Waals surface area contributed by atoms with E-state index in [9.17, 15) is 18.0 Å². The maximum absolute atomic E-state index is 12.7. The smallest absolute Gasteiger partial charge is 0.251 e. The Morgan fingerprint density at radius 3 is 2.57 bits per heavy atom. The Balaban J connectivity index is 1.77. The number of hydrogen-bond acceptors (Lipinski definition) is 5. The van der Waals surface area contributed by atoms with Gasteiger partial charge in [-0.05, 0) is 25.1 Å². The summed E-state index contributed by atoms with van der Waals surface area (Å²) in [6, 6.07) is 9.53. The minimum atomic E-state index is -3.73. The zero-order chi connectivity index (χ0) is 21.9. The summed E-state index contributed by atoms with van der Waals surface area (Å²) in [6.07, 6.45) is 1.21. The minimum absolute atomic E-state index is 0.0241. The number of fused-ring (bicyclic) bond motifs is 1. The summed E-state index contributed by atoms with van der Waals surface area (Å²) in [4.78, 5) is 32.2. The number of carbonyl (C=O) groups is 1. The van der Waals surface area contributed by atoms with E-state index in [-0.39, 0.29) is 11.4 Å². The van der Waals surface area contributed by atoms with Gasteiger partial charge in [0, 0.05) is 25.4 Å². The molecule has 3 aromatic rings. The van der Waals surface area contributed by atoms with Crippen molar-refractivity contribution >= 4 is 27.0 Å². The van der Waals surface area contributed by atoms with Crippen LogP contribution < -0.4 is 10.9 Å². The molecule has 1 aromatic carbocycles. The van der Waals surface area contributed by atoms with Crippen LogP contribution in [0.25, 0.3) is 11.0 Å². The van der Waals surface area contributed by atoms with Crippen LogP contribution in [0.3, 0.4) is 0 Å². The Labute approximate surface area is 174 Å². The van der Waals surface area contributed by atoms with Crippen LogP contribution in [0.2, 0.25) is 0 Å². The molecule has 3 rings (SSSR count). The van der Waals surface area contributed by atoms with Gasteiger partial charge in [0.25, 0.3) is 5.56 Å². The van der Waals surface area contributed by atoms with E-state index in [2.05, 4.69) is 15.3 Å². The number of imidazole rings is 1. The zero-order valence-corrected chi connectivity index (χ0v) is 17.9. The van der Waals surface area contributed by atoms with Crippen molar-refractivity contribution in [3.05, 3.63) is 58.8 Å². The summed E-state index contributed by atoms with van der Waals surface area (Å²) < 4.78 is 27.8. The Kier molecular flexibility index (Phi) is 6.37. The summed E-state index contributed by atoms with van der Waals surface area (Å²) in [5.41, 5.74) is 1.19. The molecule has 0 saturated carbocycles. The number of nitrogens with one attached hydrogen (secondary N) is 2. The maximum atomic E-state index is 12.7. The van der Waals surface area contributed by atoms with Crippen molar-refractivity contribution in [2.24, 2.45) is 0 Å². The van der Waals surface area contributed by atoms with Crippen LogP contribution >= 0.6 is 0 Å². The molecule has 0 fully saturated rings. The van der Waals surface area contributed by atoms with Crippen molar-refractivity contribution in [2.75, 3.05) is 13.1 Å². The molecule has 0 spiro atoms. The highest BCUT2D eigenvalue weighted by molar-refractivity contribution is 7.89. The normalized spacial score (nSPS) is 12.9. The van der Waals surface area contributed by atoms with E-state index in [1.165, 1.54) is 16.6 Å². The van der Waals surface area contributed by atoms with Crippen molar-refractivity contribution in [3.8, 4) is 0 Å². The van der Waals surface area contributed by atoms with Gasteiger partial charge >= 0.3 is 0 Å². The lowest BCUT2D eigenvalue weighted by Crippen LogP contribution is -2.35. The van der Waals surface area contributed by atoms with Gasteiger partial charge < -0.3 is 14.9 Å². The number of H-pyrrole nitrogens is 1.